The van der Waals surface area contributed by atoms with Gasteiger partial charge >= 0.3 is 0 Å². The Labute approximate surface area is 117 Å². The molecule has 0 bridgehead atoms. The molecule has 0 radical (unpaired) electrons. The van der Waals surface area contributed by atoms with Gasteiger partial charge in [0.15, 0.2) is 5.84 Å². The van der Waals surface area contributed by atoms with Gasteiger partial charge in [0.2, 0.25) is 0 Å². The molecule has 106 valence electrons. The lowest BCUT2D eigenvalue weighted by Gasteiger charge is -2.11. The SMILES string of the molecule is Cc1cc(C)c(C(N)=NO)c(SCCS(C)(=O)=O)n1. The molecule has 19 heavy (non-hydrogen) atoms. The summed E-state index contributed by atoms with van der Waals surface area (Å²) in [4.78, 5) is 4.32. The van der Waals surface area contributed by atoms with Crippen molar-refractivity contribution in [2.75, 3.05) is 17.8 Å². The zero-order valence-corrected chi connectivity index (χ0v) is 12.7. The molecule has 8 heteroatoms. The third kappa shape index (κ3) is 4.71. The molecule has 0 fully saturated rings. The van der Waals surface area contributed by atoms with Crippen molar-refractivity contribution >= 4 is 27.4 Å². The van der Waals surface area contributed by atoms with E-state index >= 15 is 0 Å². The summed E-state index contributed by atoms with van der Waals surface area (Å²) in [5.74, 6) is 0.411. The fraction of sp³-hybridized carbons (Fsp3) is 0.455. The van der Waals surface area contributed by atoms with E-state index in [4.69, 9.17) is 10.9 Å². The molecule has 6 nitrogen and oxygen atoms in total. The van der Waals surface area contributed by atoms with E-state index in [-0.39, 0.29) is 11.6 Å². The Kier molecular flexibility index (Phi) is 5.19. The van der Waals surface area contributed by atoms with Gasteiger partial charge in [-0.15, -0.1) is 11.8 Å². The monoisotopic (exact) mass is 303 g/mol. The smallest absolute Gasteiger partial charge is 0.173 e. The molecule has 0 aliphatic carbocycles. The van der Waals surface area contributed by atoms with E-state index in [1.54, 1.807) is 0 Å². The maximum atomic E-state index is 11.1. The fourth-order valence-corrected chi connectivity index (χ4v) is 3.91. The van der Waals surface area contributed by atoms with Gasteiger partial charge in [0.05, 0.1) is 11.3 Å². The first-order valence-electron chi connectivity index (χ1n) is 5.51. The lowest BCUT2D eigenvalue weighted by atomic mass is 10.1. The van der Waals surface area contributed by atoms with Crippen LogP contribution >= 0.6 is 11.8 Å². The summed E-state index contributed by atoms with van der Waals surface area (Å²) in [6, 6.07) is 1.83. The Morgan fingerprint density at radius 2 is 2.16 bits per heavy atom. The summed E-state index contributed by atoms with van der Waals surface area (Å²) in [5, 5.41) is 12.4. The van der Waals surface area contributed by atoms with Gasteiger partial charge < -0.3 is 10.9 Å². The summed E-state index contributed by atoms with van der Waals surface area (Å²) in [5.41, 5.74) is 7.82. The van der Waals surface area contributed by atoms with E-state index in [9.17, 15) is 8.42 Å². The molecule has 0 atom stereocenters. The lowest BCUT2D eigenvalue weighted by molar-refractivity contribution is 0.318. The highest BCUT2D eigenvalue weighted by Gasteiger charge is 2.14. The van der Waals surface area contributed by atoms with E-state index in [2.05, 4.69) is 10.1 Å². The minimum Gasteiger partial charge on any atom is -0.409 e. The predicted molar refractivity (Wildman–Crippen MR) is 76.7 cm³/mol. The Morgan fingerprint density at radius 1 is 1.53 bits per heavy atom. The van der Waals surface area contributed by atoms with E-state index in [1.807, 2.05) is 19.9 Å². The van der Waals surface area contributed by atoms with Gasteiger partial charge in [-0.25, -0.2) is 13.4 Å². The fourth-order valence-electron chi connectivity index (χ4n) is 1.56. The van der Waals surface area contributed by atoms with Crippen molar-refractivity contribution < 1.29 is 13.6 Å². The zero-order valence-electron chi connectivity index (χ0n) is 11.0. The number of aryl methyl sites for hydroxylation is 2. The van der Waals surface area contributed by atoms with E-state index in [1.165, 1.54) is 18.0 Å². The van der Waals surface area contributed by atoms with Crippen molar-refractivity contribution in [3.8, 4) is 0 Å². The van der Waals surface area contributed by atoms with Crippen LogP contribution in [0.15, 0.2) is 16.2 Å². The van der Waals surface area contributed by atoms with Crippen molar-refractivity contribution in [2.45, 2.75) is 18.9 Å². The molecule has 1 rings (SSSR count). The Bertz CT molecular complexity index is 597. The van der Waals surface area contributed by atoms with Gasteiger partial charge in [0, 0.05) is 17.7 Å². The number of thioether (sulfide) groups is 1. The third-order valence-corrected chi connectivity index (χ3v) is 4.55. The second kappa shape index (κ2) is 6.25. The summed E-state index contributed by atoms with van der Waals surface area (Å²) in [6.45, 7) is 3.67. The minimum atomic E-state index is -3.01. The van der Waals surface area contributed by atoms with Crippen LogP contribution in [0.3, 0.4) is 0 Å². The van der Waals surface area contributed by atoms with Crippen LogP contribution in [0.5, 0.6) is 0 Å². The number of aromatic nitrogens is 1. The molecule has 0 saturated heterocycles. The second-order valence-corrected chi connectivity index (χ2v) is 7.57. The molecular weight excluding hydrogens is 286 g/mol. The highest BCUT2D eigenvalue weighted by molar-refractivity contribution is 8.00. The summed E-state index contributed by atoms with van der Waals surface area (Å²) >= 11 is 1.28. The van der Waals surface area contributed by atoms with Crippen LogP contribution in [0, 0.1) is 13.8 Å². The van der Waals surface area contributed by atoms with Crippen LogP contribution in [-0.4, -0.2) is 42.2 Å². The number of hydrogen-bond donors (Lipinski definition) is 2. The molecule has 0 unspecified atom stereocenters. The van der Waals surface area contributed by atoms with E-state index < -0.39 is 9.84 Å². The van der Waals surface area contributed by atoms with Crippen molar-refractivity contribution in [1.29, 1.82) is 0 Å². The molecule has 1 heterocycles. The Hall–Kier alpha value is -1.28. The number of sulfone groups is 1. The van der Waals surface area contributed by atoms with Crippen LogP contribution in [0.1, 0.15) is 16.8 Å². The van der Waals surface area contributed by atoms with Crippen LogP contribution in [-0.2, 0) is 9.84 Å². The van der Waals surface area contributed by atoms with Gasteiger partial charge in [-0.05, 0) is 25.5 Å². The number of rotatable bonds is 5. The highest BCUT2D eigenvalue weighted by Crippen LogP contribution is 2.24. The number of amidine groups is 1. The molecule has 0 aliphatic heterocycles. The number of pyridine rings is 1. The zero-order chi connectivity index (χ0) is 14.6. The third-order valence-electron chi connectivity index (χ3n) is 2.37. The summed E-state index contributed by atoms with van der Waals surface area (Å²) < 4.78 is 22.2. The van der Waals surface area contributed by atoms with Crippen molar-refractivity contribution in [1.82, 2.24) is 4.98 Å². The lowest BCUT2D eigenvalue weighted by Crippen LogP contribution is -2.17. The molecule has 0 aromatic carbocycles. The largest absolute Gasteiger partial charge is 0.409 e. The first kappa shape index (κ1) is 15.8. The van der Waals surface area contributed by atoms with Crippen molar-refractivity contribution in [3.63, 3.8) is 0 Å². The van der Waals surface area contributed by atoms with Crippen molar-refractivity contribution in [3.05, 3.63) is 22.9 Å². The number of nitrogens with two attached hydrogens (primary N) is 1. The molecular formula is C11H17N3O3S2. The topological polar surface area (TPSA) is 106 Å². The van der Waals surface area contributed by atoms with Gasteiger partial charge in [-0.3, -0.25) is 0 Å². The molecule has 0 saturated carbocycles. The maximum Gasteiger partial charge on any atom is 0.173 e. The molecule has 1 aromatic heterocycles. The quantitative estimate of drug-likeness (QED) is 0.275. The summed E-state index contributed by atoms with van der Waals surface area (Å²) in [6.07, 6.45) is 1.19. The molecule has 0 amide bonds. The van der Waals surface area contributed by atoms with Crippen LogP contribution in [0.25, 0.3) is 0 Å². The van der Waals surface area contributed by atoms with Crippen LogP contribution in [0.4, 0.5) is 0 Å². The Balaban J connectivity index is 3.05. The summed E-state index contributed by atoms with van der Waals surface area (Å²) in [7, 11) is -3.01. The van der Waals surface area contributed by atoms with Gasteiger partial charge in [-0.1, -0.05) is 5.16 Å². The molecule has 1 aromatic rings. The normalized spacial score (nSPS) is 12.7. The minimum absolute atomic E-state index is 0.0214. The predicted octanol–water partition coefficient (Wildman–Crippen LogP) is 0.930. The number of hydrogen-bond acceptors (Lipinski definition) is 6. The van der Waals surface area contributed by atoms with Crippen molar-refractivity contribution in [2.24, 2.45) is 10.9 Å². The van der Waals surface area contributed by atoms with Gasteiger partial charge in [0.25, 0.3) is 0 Å². The average Bonchev–Trinajstić information content (AvgIpc) is 2.25. The standard InChI is InChI=1S/C11H17N3O3S2/c1-7-6-8(2)13-11(9(7)10(12)14-15)18-4-5-19(3,16)17/h6,15H,4-5H2,1-3H3,(H2,12,14). The number of oxime groups is 1. The first-order chi connectivity index (χ1) is 8.74. The average molecular weight is 303 g/mol. The second-order valence-electron chi connectivity index (χ2n) is 4.22. The van der Waals surface area contributed by atoms with E-state index in [0.29, 0.717) is 16.3 Å². The molecule has 0 spiro atoms. The Morgan fingerprint density at radius 3 is 2.68 bits per heavy atom. The van der Waals surface area contributed by atoms with E-state index in [0.717, 1.165) is 11.3 Å². The first-order valence-corrected chi connectivity index (χ1v) is 8.56. The molecule has 3 N–H and O–H groups in total. The maximum absolute atomic E-state index is 11.1. The number of nitrogens with zero attached hydrogens (tertiary/aromatic N) is 2. The van der Waals surface area contributed by atoms with Gasteiger partial charge in [-0.2, -0.15) is 0 Å². The van der Waals surface area contributed by atoms with Crippen LogP contribution < -0.4 is 5.73 Å². The van der Waals surface area contributed by atoms with Crippen LogP contribution in [0.2, 0.25) is 0 Å². The highest BCUT2D eigenvalue weighted by atomic mass is 32.2. The molecule has 0 aliphatic rings. The van der Waals surface area contributed by atoms with Gasteiger partial charge in [0.1, 0.15) is 14.9 Å².